The summed E-state index contributed by atoms with van der Waals surface area (Å²) in [4.78, 5) is 0.271. The van der Waals surface area contributed by atoms with Crippen molar-refractivity contribution in [1.29, 1.82) is 0 Å². The fourth-order valence-corrected chi connectivity index (χ4v) is 3.03. The van der Waals surface area contributed by atoms with Crippen molar-refractivity contribution >= 4 is 15.7 Å². The van der Waals surface area contributed by atoms with Gasteiger partial charge >= 0.3 is 0 Å². The predicted octanol–water partition coefficient (Wildman–Crippen LogP) is 4.09. The summed E-state index contributed by atoms with van der Waals surface area (Å²) in [7, 11) is -3.53. The molecular formula is C17H21NO2S. The number of benzene rings is 2. The van der Waals surface area contributed by atoms with E-state index >= 15 is 0 Å². The average molecular weight is 303 g/mol. The Kier molecular flexibility index (Phi) is 4.10. The van der Waals surface area contributed by atoms with Crippen molar-refractivity contribution in [1.82, 2.24) is 0 Å². The minimum Gasteiger partial charge on any atom is -0.280 e. The highest BCUT2D eigenvalue weighted by atomic mass is 32.2. The van der Waals surface area contributed by atoms with Gasteiger partial charge in [-0.2, -0.15) is 0 Å². The lowest BCUT2D eigenvalue weighted by Crippen LogP contribution is -2.14. The molecule has 0 spiro atoms. The van der Waals surface area contributed by atoms with Crippen molar-refractivity contribution in [2.24, 2.45) is 0 Å². The summed E-state index contributed by atoms with van der Waals surface area (Å²) in [5.74, 6) is 0. The van der Waals surface area contributed by atoms with Gasteiger partial charge in [-0.25, -0.2) is 8.42 Å². The van der Waals surface area contributed by atoms with Crippen LogP contribution in [0, 0.1) is 6.92 Å². The second-order valence-electron chi connectivity index (χ2n) is 6.25. The molecule has 3 nitrogen and oxygen atoms in total. The first-order chi connectivity index (χ1) is 9.68. The summed E-state index contributed by atoms with van der Waals surface area (Å²) in [6, 6.07) is 14.3. The Bertz CT molecular complexity index is 709. The summed E-state index contributed by atoms with van der Waals surface area (Å²) in [6.07, 6.45) is 0. The molecule has 21 heavy (non-hydrogen) atoms. The maximum atomic E-state index is 12.3. The summed E-state index contributed by atoms with van der Waals surface area (Å²) in [6.45, 7) is 8.30. The standard InChI is InChI=1S/C17H21NO2S/c1-13-5-11-16(12-6-13)21(19,20)18-15-9-7-14(8-10-15)17(2,3)4/h5-12,18H,1-4H3. The molecule has 0 aromatic heterocycles. The first kappa shape index (κ1) is 15.6. The van der Waals surface area contributed by atoms with E-state index in [1.807, 2.05) is 19.1 Å². The minimum atomic E-state index is -3.53. The van der Waals surface area contributed by atoms with Crippen LogP contribution in [-0.2, 0) is 15.4 Å². The molecule has 0 fully saturated rings. The number of nitrogens with one attached hydrogen (secondary N) is 1. The highest BCUT2D eigenvalue weighted by Crippen LogP contribution is 2.24. The van der Waals surface area contributed by atoms with Crippen LogP contribution >= 0.6 is 0 Å². The molecule has 2 rings (SSSR count). The van der Waals surface area contributed by atoms with Gasteiger partial charge in [0.05, 0.1) is 4.90 Å². The van der Waals surface area contributed by atoms with E-state index in [9.17, 15) is 8.42 Å². The third-order valence-corrected chi connectivity index (χ3v) is 4.73. The molecule has 4 heteroatoms. The van der Waals surface area contributed by atoms with Crippen LogP contribution in [0.15, 0.2) is 53.4 Å². The van der Waals surface area contributed by atoms with Crippen molar-refractivity contribution in [2.45, 2.75) is 38.0 Å². The van der Waals surface area contributed by atoms with E-state index in [1.165, 1.54) is 5.56 Å². The number of hydrogen-bond acceptors (Lipinski definition) is 2. The summed E-state index contributed by atoms with van der Waals surface area (Å²) < 4.78 is 27.2. The summed E-state index contributed by atoms with van der Waals surface area (Å²) >= 11 is 0. The van der Waals surface area contributed by atoms with Crippen LogP contribution in [0.4, 0.5) is 5.69 Å². The van der Waals surface area contributed by atoms with Gasteiger partial charge in [-0.1, -0.05) is 50.6 Å². The maximum Gasteiger partial charge on any atom is 0.261 e. The van der Waals surface area contributed by atoms with E-state index in [1.54, 1.807) is 36.4 Å². The van der Waals surface area contributed by atoms with E-state index in [0.29, 0.717) is 5.69 Å². The van der Waals surface area contributed by atoms with Gasteiger partial charge in [-0.05, 0) is 42.2 Å². The molecule has 0 aliphatic heterocycles. The lowest BCUT2D eigenvalue weighted by atomic mass is 9.87. The van der Waals surface area contributed by atoms with Crippen LogP contribution in [0.2, 0.25) is 0 Å². The van der Waals surface area contributed by atoms with Crippen molar-refractivity contribution < 1.29 is 8.42 Å². The summed E-state index contributed by atoms with van der Waals surface area (Å²) in [5, 5.41) is 0. The second kappa shape index (κ2) is 5.53. The number of rotatable bonds is 3. The molecular weight excluding hydrogens is 282 g/mol. The van der Waals surface area contributed by atoms with Crippen LogP contribution < -0.4 is 4.72 Å². The quantitative estimate of drug-likeness (QED) is 0.928. The molecule has 0 heterocycles. The number of sulfonamides is 1. The van der Waals surface area contributed by atoms with Gasteiger partial charge in [0.2, 0.25) is 0 Å². The van der Waals surface area contributed by atoms with Crippen molar-refractivity contribution in [3.05, 3.63) is 59.7 Å². The molecule has 0 aliphatic carbocycles. The topological polar surface area (TPSA) is 46.2 Å². The lowest BCUT2D eigenvalue weighted by molar-refractivity contribution is 0.590. The van der Waals surface area contributed by atoms with Gasteiger partial charge in [0, 0.05) is 5.69 Å². The lowest BCUT2D eigenvalue weighted by Gasteiger charge is -2.19. The molecule has 0 bridgehead atoms. The first-order valence-electron chi connectivity index (χ1n) is 6.88. The molecule has 0 atom stereocenters. The first-order valence-corrected chi connectivity index (χ1v) is 8.37. The van der Waals surface area contributed by atoms with Crippen LogP contribution in [0.25, 0.3) is 0 Å². The average Bonchev–Trinajstić information content (AvgIpc) is 2.38. The van der Waals surface area contributed by atoms with E-state index in [-0.39, 0.29) is 10.3 Å². The Hall–Kier alpha value is -1.81. The molecule has 2 aromatic carbocycles. The maximum absolute atomic E-state index is 12.3. The molecule has 2 aromatic rings. The molecule has 0 saturated carbocycles. The van der Waals surface area contributed by atoms with Gasteiger partial charge < -0.3 is 0 Å². The van der Waals surface area contributed by atoms with Gasteiger partial charge in [-0.15, -0.1) is 0 Å². The highest BCUT2D eigenvalue weighted by molar-refractivity contribution is 7.92. The van der Waals surface area contributed by atoms with Crippen LogP contribution in [-0.4, -0.2) is 8.42 Å². The SMILES string of the molecule is Cc1ccc(S(=O)(=O)Nc2ccc(C(C)(C)C)cc2)cc1. The van der Waals surface area contributed by atoms with Crippen molar-refractivity contribution in [3.8, 4) is 0 Å². The third-order valence-electron chi connectivity index (χ3n) is 3.33. The van der Waals surface area contributed by atoms with E-state index < -0.39 is 10.0 Å². The molecule has 1 N–H and O–H groups in total. The van der Waals surface area contributed by atoms with Crippen molar-refractivity contribution in [3.63, 3.8) is 0 Å². The third kappa shape index (κ3) is 3.85. The van der Waals surface area contributed by atoms with Crippen LogP contribution in [0.5, 0.6) is 0 Å². The number of anilines is 1. The second-order valence-corrected chi connectivity index (χ2v) is 7.93. The fourth-order valence-electron chi connectivity index (χ4n) is 1.97. The minimum absolute atomic E-state index is 0.0500. The Morgan fingerprint density at radius 1 is 0.857 bits per heavy atom. The molecule has 112 valence electrons. The largest absolute Gasteiger partial charge is 0.280 e. The zero-order valence-electron chi connectivity index (χ0n) is 12.8. The Balaban J connectivity index is 2.23. The number of hydrogen-bond donors (Lipinski definition) is 1. The van der Waals surface area contributed by atoms with Crippen LogP contribution in [0.3, 0.4) is 0 Å². The van der Waals surface area contributed by atoms with Gasteiger partial charge in [0.25, 0.3) is 10.0 Å². The predicted molar refractivity (Wildman–Crippen MR) is 87.1 cm³/mol. The monoisotopic (exact) mass is 303 g/mol. The Labute approximate surface area is 127 Å². The molecule has 0 aliphatic rings. The molecule has 0 radical (unpaired) electrons. The van der Waals surface area contributed by atoms with Crippen LogP contribution in [0.1, 0.15) is 31.9 Å². The van der Waals surface area contributed by atoms with E-state index in [0.717, 1.165) is 5.56 Å². The number of aryl methyl sites for hydroxylation is 1. The van der Waals surface area contributed by atoms with Gasteiger partial charge in [0.1, 0.15) is 0 Å². The van der Waals surface area contributed by atoms with E-state index in [4.69, 9.17) is 0 Å². The molecule has 0 saturated heterocycles. The fraction of sp³-hybridized carbons (Fsp3) is 0.294. The van der Waals surface area contributed by atoms with Crippen molar-refractivity contribution in [2.75, 3.05) is 4.72 Å². The molecule has 0 amide bonds. The summed E-state index contributed by atoms with van der Waals surface area (Å²) in [5.41, 5.74) is 2.82. The zero-order chi connectivity index (χ0) is 15.7. The highest BCUT2D eigenvalue weighted by Gasteiger charge is 2.16. The van der Waals surface area contributed by atoms with Gasteiger partial charge in [-0.3, -0.25) is 4.72 Å². The smallest absolute Gasteiger partial charge is 0.261 e. The normalized spacial score (nSPS) is 12.2. The van der Waals surface area contributed by atoms with Gasteiger partial charge in [0.15, 0.2) is 0 Å². The zero-order valence-corrected chi connectivity index (χ0v) is 13.7. The Morgan fingerprint density at radius 2 is 1.38 bits per heavy atom. The van der Waals surface area contributed by atoms with E-state index in [2.05, 4.69) is 25.5 Å². The molecule has 0 unspecified atom stereocenters. The Morgan fingerprint density at radius 3 is 1.86 bits per heavy atom.